The fraction of sp³-hybridized carbons (Fsp3) is 0.308. The second-order valence-electron chi connectivity index (χ2n) is 3.80. The Balaban J connectivity index is 2.46. The number of carbonyl (C=O) groups excluding carboxylic acids is 1. The SMILES string of the molecule is C#CCNCC(=O)Nc1ccc(N(C)C)cc1. The third kappa shape index (κ3) is 4.58. The van der Waals surface area contributed by atoms with E-state index in [1.54, 1.807) is 0 Å². The highest BCUT2D eigenvalue weighted by molar-refractivity contribution is 5.92. The standard InChI is InChI=1S/C13H17N3O/c1-4-9-14-10-13(17)15-11-5-7-12(8-6-11)16(2)3/h1,5-8,14H,9-10H2,2-3H3,(H,15,17). The molecule has 0 heterocycles. The van der Waals surface area contributed by atoms with Gasteiger partial charge in [-0.05, 0) is 24.3 Å². The Morgan fingerprint density at radius 3 is 2.53 bits per heavy atom. The lowest BCUT2D eigenvalue weighted by molar-refractivity contribution is -0.115. The Hall–Kier alpha value is -1.99. The molecule has 1 amide bonds. The molecule has 17 heavy (non-hydrogen) atoms. The maximum atomic E-state index is 11.5. The molecule has 2 N–H and O–H groups in total. The van der Waals surface area contributed by atoms with Gasteiger partial charge < -0.3 is 10.2 Å². The number of benzene rings is 1. The average Bonchev–Trinajstić information content (AvgIpc) is 2.30. The van der Waals surface area contributed by atoms with Gasteiger partial charge in [0, 0.05) is 25.5 Å². The number of rotatable bonds is 5. The van der Waals surface area contributed by atoms with Crippen LogP contribution in [0.4, 0.5) is 11.4 Å². The van der Waals surface area contributed by atoms with Crippen LogP contribution < -0.4 is 15.5 Å². The maximum Gasteiger partial charge on any atom is 0.238 e. The maximum absolute atomic E-state index is 11.5. The first-order valence-electron chi connectivity index (χ1n) is 5.35. The van der Waals surface area contributed by atoms with Crippen molar-refractivity contribution in [3.8, 4) is 12.3 Å². The van der Waals surface area contributed by atoms with Gasteiger partial charge in [0.25, 0.3) is 0 Å². The number of carbonyl (C=O) groups is 1. The summed E-state index contributed by atoms with van der Waals surface area (Å²) < 4.78 is 0. The van der Waals surface area contributed by atoms with E-state index in [-0.39, 0.29) is 12.5 Å². The van der Waals surface area contributed by atoms with Crippen LogP contribution in [-0.2, 0) is 4.79 Å². The van der Waals surface area contributed by atoms with Crippen molar-refractivity contribution in [3.63, 3.8) is 0 Å². The van der Waals surface area contributed by atoms with E-state index in [9.17, 15) is 4.79 Å². The molecule has 0 unspecified atom stereocenters. The molecule has 1 aromatic carbocycles. The first kappa shape index (κ1) is 13.1. The monoisotopic (exact) mass is 231 g/mol. The number of amides is 1. The molecule has 0 fully saturated rings. The van der Waals surface area contributed by atoms with Gasteiger partial charge in [0.05, 0.1) is 13.1 Å². The van der Waals surface area contributed by atoms with Gasteiger partial charge in [0.15, 0.2) is 0 Å². The largest absolute Gasteiger partial charge is 0.378 e. The Kier molecular flexibility index (Phi) is 5.05. The van der Waals surface area contributed by atoms with Crippen molar-refractivity contribution >= 4 is 17.3 Å². The number of anilines is 2. The molecule has 0 bridgehead atoms. The quantitative estimate of drug-likeness (QED) is 0.585. The van der Waals surface area contributed by atoms with Gasteiger partial charge in [-0.3, -0.25) is 10.1 Å². The van der Waals surface area contributed by atoms with Crippen LogP contribution >= 0.6 is 0 Å². The van der Waals surface area contributed by atoms with Crippen molar-refractivity contribution in [1.82, 2.24) is 5.32 Å². The Morgan fingerprint density at radius 1 is 1.35 bits per heavy atom. The fourth-order valence-corrected chi connectivity index (χ4v) is 1.30. The van der Waals surface area contributed by atoms with Gasteiger partial charge in [-0.1, -0.05) is 5.92 Å². The molecule has 0 atom stereocenters. The first-order valence-corrected chi connectivity index (χ1v) is 5.35. The zero-order valence-electron chi connectivity index (χ0n) is 10.2. The van der Waals surface area contributed by atoms with Crippen molar-refractivity contribution in [1.29, 1.82) is 0 Å². The molecular weight excluding hydrogens is 214 g/mol. The Bertz CT molecular complexity index is 404. The zero-order chi connectivity index (χ0) is 12.7. The number of terminal acetylenes is 1. The molecule has 0 aliphatic carbocycles. The van der Waals surface area contributed by atoms with Gasteiger partial charge in [0.2, 0.25) is 5.91 Å². The third-order valence-corrected chi connectivity index (χ3v) is 2.18. The highest BCUT2D eigenvalue weighted by Gasteiger charge is 2.01. The Morgan fingerprint density at radius 2 is 2.00 bits per heavy atom. The summed E-state index contributed by atoms with van der Waals surface area (Å²) in [6.07, 6.45) is 5.06. The zero-order valence-corrected chi connectivity index (χ0v) is 10.2. The predicted molar refractivity (Wildman–Crippen MR) is 71.1 cm³/mol. The summed E-state index contributed by atoms with van der Waals surface area (Å²) in [6, 6.07) is 7.64. The molecule has 1 aromatic rings. The van der Waals surface area contributed by atoms with E-state index in [1.807, 2.05) is 43.3 Å². The molecule has 0 radical (unpaired) electrons. The van der Waals surface area contributed by atoms with E-state index < -0.39 is 0 Å². The number of hydrogen-bond donors (Lipinski definition) is 2. The van der Waals surface area contributed by atoms with Gasteiger partial charge in [0.1, 0.15) is 0 Å². The van der Waals surface area contributed by atoms with Crippen molar-refractivity contribution in [2.75, 3.05) is 37.4 Å². The van der Waals surface area contributed by atoms with Crippen LogP contribution in [0.3, 0.4) is 0 Å². The summed E-state index contributed by atoms with van der Waals surface area (Å²) in [6.45, 7) is 0.618. The summed E-state index contributed by atoms with van der Waals surface area (Å²) in [4.78, 5) is 13.5. The molecule has 4 heteroatoms. The lowest BCUT2D eigenvalue weighted by atomic mass is 10.2. The topological polar surface area (TPSA) is 44.4 Å². The molecule has 0 saturated carbocycles. The average molecular weight is 231 g/mol. The molecule has 90 valence electrons. The Labute approximate surface area is 102 Å². The van der Waals surface area contributed by atoms with E-state index in [0.29, 0.717) is 6.54 Å². The van der Waals surface area contributed by atoms with Crippen LogP contribution in [0.1, 0.15) is 0 Å². The minimum atomic E-state index is -0.0992. The van der Waals surface area contributed by atoms with E-state index in [4.69, 9.17) is 6.42 Å². The minimum absolute atomic E-state index is 0.0992. The van der Waals surface area contributed by atoms with E-state index >= 15 is 0 Å². The van der Waals surface area contributed by atoms with E-state index in [0.717, 1.165) is 11.4 Å². The van der Waals surface area contributed by atoms with Crippen LogP contribution in [0.15, 0.2) is 24.3 Å². The highest BCUT2D eigenvalue weighted by Crippen LogP contribution is 2.15. The van der Waals surface area contributed by atoms with Crippen molar-refractivity contribution < 1.29 is 4.79 Å². The van der Waals surface area contributed by atoms with Crippen LogP contribution in [0.5, 0.6) is 0 Å². The van der Waals surface area contributed by atoms with Gasteiger partial charge in [-0.2, -0.15) is 0 Å². The molecule has 0 aliphatic rings. The number of nitrogens with zero attached hydrogens (tertiary/aromatic N) is 1. The van der Waals surface area contributed by atoms with Crippen molar-refractivity contribution in [2.45, 2.75) is 0 Å². The predicted octanol–water partition coefficient (Wildman–Crippen LogP) is 0.914. The molecule has 0 aliphatic heterocycles. The van der Waals surface area contributed by atoms with Crippen LogP contribution in [0.25, 0.3) is 0 Å². The van der Waals surface area contributed by atoms with E-state index in [2.05, 4.69) is 16.6 Å². The number of hydrogen-bond acceptors (Lipinski definition) is 3. The molecular formula is C13H17N3O. The lowest BCUT2D eigenvalue weighted by Gasteiger charge is -2.13. The minimum Gasteiger partial charge on any atom is -0.378 e. The summed E-state index contributed by atoms with van der Waals surface area (Å²) in [7, 11) is 3.94. The summed E-state index contributed by atoms with van der Waals surface area (Å²) in [5.74, 6) is 2.31. The second-order valence-corrected chi connectivity index (χ2v) is 3.80. The second kappa shape index (κ2) is 6.56. The van der Waals surface area contributed by atoms with Gasteiger partial charge >= 0.3 is 0 Å². The van der Waals surface area contributed by atoms with Gasteiger partial charge in [-0.25, -0.2) is 0 Å². The molecule has 0 spiro atoms. The molecule has 0 aromatic heterocycles. The highest BCUT2D eigenvalue weighted by atomic mass is 16.1. The molecule has 4 nitrogen and oxygen atoms in total. The normalized spacial score (nSPS) is 9.47. The lowest BCUT2D eigenvalue weighted by Crippen LogP contribution is -2.28. The fourth-order valence-electron chi connectivity index (χ4n) is 1.30. The smallest absolute Gasteiger partial charge is 0.238 e. The summed E-state index contributed by atoms with van der Waals surface area (Å²) in [5, 5.41) is 5.61. The van der Waals surface area contributed by atoms with Crippen LogP contribution in [-0.4, -0.2) is 33.1 Å². The van der Waals surface area contributed by atoms with Crippen molar-refractivity contribution in [3.05, 3.63) is 24.3 Å². The third-order valence-electron chi connectivity index (χ3n) is 2.18. The summed E-state index contributed by atoms with van der Waals surface area (Å²) >= 11 is 0. The first-order chi connectivity index (χ1) is 8.13. The summed E-state index contributed by atoms with van der Waals surface area (Å²) in [5.41, 5.74) is 1.87. The molecule has 0 saturated heterocycles. The molecule has 1 rings (SSSR count). The number of nitrogens with one attached hydrogen (secondary N) is 2. The van der Waals surface area contributed by atoms with Gasteiger partial charge in [-0.15, -0.1) is 6.42 Å². The van der Waals surface area contributed by atoms with Crippen LogP contribution in [0.2, 0.25) is 0 Å². The van der Waals surface area contributed by atoms with Crippen molar-refractivity contribution in [2.24, 2.45) is 0 Å². The van der Waals surface area contributed by atoms with Crippen LogP contribution in [0, 0.1) is 12.3 Å². The van der Waals surface area contributed by atoms with E-state index in [1.165, 1.54) is 0 Å².